The van der Waals surface area contributed by atoms with Crippen LogP contribution >= 0.6 is 0 Å². The van der Waals surface area contributed by atoms with E-state index in [-0.39, 0.29) is 47.2 Å². The molecule has 224 valence electrons. The number of aryl methyl sites for hydroxylation is 2. The van der Waals surface area contributed by atoms with Crippen LogP contribution in [0.2, 0.25) is 0 Å². The van der Waals surface area contributed by atoms with Gasteiger partial charge in [0.05, 0.1) is 17.5 Å². The SMILES string of the molecule is Cc1ccc(S(=O)(=O)[O-])cc1.Nc1[nH]c(=O)c2c([nH+]1)NCC(COC(=O)CCc1ccc(C(=O)c3ccccc3)cc1)N2. The van der Waals surface area contributed by atoms with Gasteiger partial charge in [0, 0.05) is 17.5 Å². The summed E-state index contributed by atoms with van der Waals surface area (Å²) in [5.74, 6) is 0.291. The Morgan fingerprint density at radius 1 is 1.00 bits per heavy atom. The molecule has 0 amide bonds. The van der Waals surface area contributed by atoms with E-state index in [0.717, 1.165) is 11.1 Å². The molecule has 5 rings (SSSR count). The number of esters is 1. The Morgan fingerprint density at radius 3 is 2.30 bits per heavy atom. The van der Waals surface area contributed by atoms with Gasteiger partial charge in [0.15, 0.2) is 11.5 Å². The first-order valence-electron chi connectivity index (χ1n) is 13.3. The van der Waals surface area contributed by atoms with Gasteiger partial charge in [-0.3, -0.25) is 14.4 Å². The van der Waals surface area contributed by atoms with Gasteiger partial charge in [0.25, 0.3) is 0 Å². The van der Waals surface area contributed by atoms with Crippen molar-refractivity contribution in [1.29, 1.82) is 0 Å². The van der Waals surface area contributed by atoms with Crippen molar-refractivity contribution >= 4 is 39.3 Å². The van der Waals surface area contributed by atoms with Crippen LogP contribution in [0.5, 0.6) is 0 Å². The van der Waals surface area contributed by atoms with Crippen LogP contribution < -0.4 is 26.9 Å². The zero-order valence-electron chi connectivity index (χ0n) is 23.3. The van der Waals surface area contributed by atoms with Crippen molar-refractivity contribution in [1.82, 2.24) is 4.98 Å². The van der Waals surface area contributed by atoms with Gasteiger partial charge in [-0.1, -0.05) is 72.3 Å². The minimum absolute atomic E-state index is 0.0363. The van der Waals surface area contributed by atoms with E-state index < -0.39 is 10.1 Å². The molecule has 2 heterocycles. The molecule has 0 fully saturated rings. The number of aromatic nitrogens is 2. The number of ketones is 1. The molecule has 4 aromatic rings. The van der Waals surface area contributed by atoms with Gasteiger partial charge in [-0.05, 0) is 31.0 Å². The predicted octanol–water partition coefficient (Wildman–Crippen LogP) is 2.28. The van der Waals surface area contributed by atoms with E-state index in [4.69, 9.17) is 10.5 Å². The van der Waals surface area contributed by atoms with Crippen LogP contribution in [0.15, 0.2) is 88.6 Å². The molecule has 0 spiro atoms. The number of rotatable bonds is 8. The molecule has 1 unspecified atom stereocenters. The maximum atomic E-state index is 12.5. The van der Waals surface area contributed by atoms with Crippen LogP contribution in [0, 0.1) is 6.92 Å². The highest BCUT2D eigenvalue weighted by Crippen LogP contribution is 2.17. The van der Waals surface area contributed by atoms with Crippen molar-refractivity contribution in [3.05, 3.63) is 111 Å². The summed E-state index contributed by atoms with van der Waals surface area (Å²) in [7, 11) is -4.27. The fourth-order valence-electron chi connectivity index (χ4n) is 4.17. The zero-order chi connectivity index (χ0) is 31.0. The summed E-state index contributed by atoms with van der Waals surface area (Å²) in [5, 5.41) is 6.11. The smallest absolute Gasteiger partial charge is 0.322 e. The third-order valence-corrected chi connectivity index (χ3v) is 7.33. The summed E-state index contributed by atoms with van der Waals surface area (Å²) >= 11 is 0. The average molecular weight is 606 g/mol. The van der Waals surface area contributed by atoms with Gasteiger partial charge in [-0.2, -0.15) is 0 Å². The molecule has 43 heavy (non-hydrogen) atoms. The number of anilines is 3. The number of carbonyl (C=O) groups is 2. The molecule has 0 radical (unpaired) electrons. The Labute approximate surface area is 248 Å². The number of nitrogen functional groups attached to an aromatic ring is 1. The van der Waals surface area contributed by atoms with Gasteiger partial charge in [-0.15, -0.1) is 0 Å². The Balaban J connectivity index is 0.000000324. The van der Waals surface area contributed by atoms with Crippen LogP contribution in [0.3, 0.4) is 0 Å². The van der Waals surface area contributed by atoms with Gasteiger partial charge in [-0.25, -0.2) is 18.4 Å². The minimum Gasteiger partial charge on any atom is -0.744 e. The molecule has 13 heteroatoms. The second kappa shape index (κ2) is 13.8. The molecule has 1 aliphatic rings. The van der Waals surface area contributed by atoms with Crippen LogP contribution in [-0.2, 0) is 26.1 Å². The number of aromatic amines is 2. The first-order valence-corrected chi connectivity index (χ1v) is 14.7. The maximum absolute atomic E-state index is 12.5. The number of hydrogen-bond donors (Lipinski definition) is 4. The topological polar surface area (TPSA) is 198 Å². The number of nitrogens with one attached hydrogen (secondary N) is 4. The lowest BCUT2D eigenvalue weighted by molar-refractivity contribution is -0.347. The van der Waals surface area contributed by atoms with Crippen LogP contribution in [-0.4, -0.2) is 48.9 Å². The van der Waals surface area contributed by atoms with Crippen molar-refractivity contribution in [2.75, 3.05) is 29.5 Å². The third kappa shape index (κ3) is 8.74. The summed E-state index contributed by atoms with van der Waals surface area (Å²) in [4.78, 5) is 41.7. The lowest BCUT2D eigenvalue weighted by Crippen LogP contribution is -2.43. The van der Waals surface area contributed by atoms with E-state index in [1.54, 1.807) is 36.4 Å². The van der Waals surface area contributed by atoms with E-state index in [1.807, 2.05) is 37.3 Å². The molecule has 3 aromatic carbocycles. The number of benzene rings is 3. The van der Waals surface area contributed by atoms with E-state index in [0.29, 0.717) is 35.6 Å². The normalized spacial score (nSPS) is 13.8. The minimum atomic E-state index is -4.27. The molecule has 0 saturated heterocycles. The molecule has 1 aromatic heterocycles. The van der Waals surface area contributed by atoms with E-state index in [9.17, 15) is 27.4 Å². The number of ether oxygens (including phenoxy) is 1. The Morgan fingerprint density at radius 2 is 1.65 bits per heavy atom. The van der Waals surface area contributed by atoms with Gasteiger partial charge in [0.2, 0.25) is 5.82 Å². The lowest BCUT2D eigenvalue weighted by atomic mass is 10.0. The standard InChI is InChI=1S/C23H23N5O4.C7H8O3S/c24-23-27-21-19(22(31)28-23)26-17(12-25-21)13-32-18(29)11-8-14-6-9-16(10-7-14)20(30)15-4-2-1-3-5-15;1-6-2-4-7(5-3-6)11(8,9)10/h1-7,9-10,17,26H,8,11-13H2,(H4,24,25,27,28,31);2-5H,1H3,(H,8,9,10). The molecular formula is C30H31N5O7S. The highest BCUT2D eigenvalue weighted by atomic mass is 32.2. The fraction of sp³-hybridized carbons (Fsp3) is 0.200. The number of nitrogens with two attached hydrogens (primary N) is 1. The molecule has 0 bridgehead atoms. The molecule has 0 saturated carbocycles. The Bertz CT molecular complexity index is 1740. The fourth-order valence-corrected chi connectivity index (χ4v) is 4.64. The summed E-state index contributed by atoms with van der Waals surface area (Å²) < 4.78 is 36.5. The molecular weight excluding hydrogens is 574 g/mol. The molecule has 12 nitrogen and oxygen atoms in total. The first kappa shape index (κ1) is 30.9. The summed E-state index contributed by atoms with van der Waals surface area (Å²) in [5.41, 5.74) is 8.67. The van der Waals surface area contributed by atoms with E-state index in [1.165, 1.54) is 12.1 Å². The molecule has 1 aliphatic heterocycles. The molecule has 0 aliphatic carbocycles. The quantitative estimate of drug-likeness (QED) is 0.131. The van der Waals surface area contributed by atoms with Crippen molar-refractivity contribution in [3.8, 4) is 0 Å². The Hall–Kier alpha value is -5.01. The highest BCUT2D eigenvalue weighted by molar-refractivity contribution is 7.85. The van der Waals surface area contributed by atoms with E-state index >= 15 is 0 Å². The van der Waals surface area contributed by atoms with Crippen LogP contribution in [0.25, 0.3) is 0 Å². The van der Waals surface area contributed by atoms with Crippen molar-refractivity contribution < 1.29 is 32.3 Å². The summed E-state index contributed by atoms with van der Waals surface area (Å²) in [6.07, 6.45) is 0.722. The lowest BCUT2D eigenvalue weighted by Gasteiger charge is -2.24. The number of hydrogen-bond acceptors (Lipinski definition) is 10. The monoisotopic (exact) mass is 605 g/mol. The van der Waals surface area contributed by atoms with Gasteiger partial charge in [0.1, 0.15) is 16.7 Å². The first-order chi connectivity index (χ1) is 20.5. The van der Waals surface area contributed by atoms with Gasteiger partial charge < -0.3 is 25.7 Å². The highest BCUT2D eigenvalue weighted by Gasteiger charge is 2.25. The second-order valence-corrected chi connectivity index (χ2v) is 11.2. The van der Waals surface area contributed by atoms with Crippen molar-refractivity contribution in [2.24, 2.45) is 0 Å². The Kier molecular flexibility index (Phi) is 9.91. The van der Waals surface area contributed by atoms with Crippen LogP contribution in [0.4, 0.5) is 17.5 Å². The predicted molar refractivity (Wildman–Crippen MR) is 159 cm³/mol. The average Bonchev–Trinajstić information content (AvgIpc) is 2.99. The molecule has 1 atom stereocenters. The van der Waals surface area contributed by atoms with Crippen molar-refractivity contribution in [3.63, 3.8) is 0 Å². The van der Waals surface area contributed by atoms with Crippen molar-refractivity contribution in [2.45, 2.75) is 30.7 Å². The van der Waals surface area contributed by atoms with Gasteiger partial charge >= 0.3 is 17.5 Å². The number of fused-ring (bicyclic) bond motifs is 1. The second-order valence-electron chi connectivity index (χ2n) is 9.81. The molecule has 6 N–H and O–H groups in total. The van der Waals surface area contributed by atoms with E-state index in [2.05, 4.69) is 20.6 Å². The maximum Gasteiger partial charge on any atom is 0.322 e. The largest absolute Gasteiger partial charge is 0.744 e. The number of H-pyrrole nitrogens is 2. The number of carbonyl (C=O) groups excluding carboxylic acids is 2. The summed E-state index contributed by atoms with van der Waals surface area (Å²) in [6.45, 7) is 2.41. The summed E-state index contributed by atoms with van der Waals surface area (Å²) in [6, 6.07) is 21.9. The van der Waals surface area contributed by atoms with Crippen LogP contribution in [0.1, 0.15) is 33.5 Å². The zero-order valence-corrected chi connectivity index (χ0v) is 24.1. The third-order valence-electron chi connectivity index (χ3n) is 6.48.